The van der Waals surface area contributed by atoms with Crippen molar-refractivity contribution >= 4 is 5.91 Å². The number of rotatable bonds is 2. The van der Waals surface area contributed by atoms with Crippen molar-refractivity contribution in [3.63, 3.8) is 0 Å². The lowest BCUT2D eigenvalue weighted by Gasteiger charge is -2.29. The molecule has 2 heterocycles. The van der Waals surface area contributed by atoms with Gasteiger partial charge in [0.05, 0.1) is 13.2 Å². The van der Waals surface area contributed by atoms with Crippen LogP contribution in [0.4, 0.5) is 0 Å². The topological polar surface area (TPSA) is 77.2 Å². The molecule has 5 heteroatoms. The van der Waals surface area contributed by atoms with Crippen molar-refractivity contribution < 1.29 is 9.53 Å². The Morgan fingerprint density at radius 2 is 2.38 bits per heavy atom. The zero-order chi connectivity index (χ0) is 11.5. The van der Waals surface area contributed by atoms with Crippen molar-refractivity contribution in [3.8, 4) is 5.88 Å². The van der Waals surface area contributed by atoms with Crippen molar-refractivity contribution in [1.29, 1.82) is 0 Å². The number of aromatic nitrogens is 1. The third-order valence-electron chi connectivity index (χ3n) is 2.78. The Morgan fingerprint density at radius 1 is 1.56 bits per heavy atom. The lowest BCUT2D eigenvalue weighted by Crippen LogP contribution is -2.45. The quantitative estimate of drug-likeness (QED) is 0.756. The predicted molar refractivity (Wildman–Crippen MR) is 58.9 cm³/mol. The monoisotopic (exact) mass is 221 g/mol. The summed E-state index contributed by atoms with van der Waals surface area (Å²) >= 11 is 0. The van der Waals surface area contributed by atoms with Gasteiger partial charge in [-0.05, 0) is 18.1 Å². The van der Waals surface area contributed by atoms with E-state index in [1.165, 1.54) is 0 Å². The predicted octanol–water partition coefficient (Wildman–Crippen LogP) is 0.369. The number of nitrogens with two attached hydrogens (primary N) is 1. The maximum Gasteiger partial charge on any atom is 0.220 e. The number of nitrogens with one attached hydrogen (secondary N) is 1. The number of ether oxygens (including phenoxy) is 1. The molecule has 1 aliphatic rings. The summed E-state index contributed by atoms with van der Waals surface area (Å²) in [5.74, 6) is 0.599. The second kappa shape index (κ2) is 4.49. The van der Waals surface area contributed by atoms with Gasteiger partial charge in [-0.2, -0.15) is 0 Å². The van der Waals surface area contributed by atoms with E-state index in [-0.39, 0.29) is 18.0 Å². The fourth-order valence-electron chi connectivity index (χ4n) is 1.84. The van der Waals surface area contributed by atoms with Gasteiger partial charge in [-0.1, -0.05) is 0 Å². The van der Waals surface area contributed by atoms with Crippen LogP contribution in [0.3, 0.4) is 0 Å². The van der Waals surface area contributed by atoms with E-state index in [4.69, 9.17) is 10.5 Å². The van der Waals surface area contributed by atoms with Crippen molar-refractivity contribution in [2.75, 3.05) is 7.11 Å². The van der Waals surface area contributed by atoms with E-state index in [0.717, 1.165) is 5.56 Å². The van der Waals surface area contributed by atoms with E-state index in [1.807, 2.05) is 6.07 Å². The summed E-state index contributed by atoms with van der Waals surface area (Å²) in [7, 11) is 1.57. The van der Waals surface area contributed by atoms with Crippen LogP contribution in [-0.4, -0.2) is 24.0 Å². The maximum absolute atomic E-state index is 11.3. The molecule has 0 aromatic carbocycles. The van der Waals surface area contributed by atoms with Gasteiger partial charge in [0.25, 0.3) is 0 Å². The number of amides is 1. The highest BCUT2D eigenvalue weighted by molar-refractivity contribution is 5.77. The first kappa shape index (κ1) is 10.9. The Hall–Kier alpha value is -1.62. The Labute approximate surface area is 94.0 Å². The first-order chi connectivity index (χ1) is 7.70. The Kier molecular flexibility index (Phi) is 3.05. The number of hydrogen-bond donors (Lipinski definition) is 2. The van der Waals surface area contributed by atoms with Gasteiger partial charge in [-0.3, -0.25) is 4.79 Å². The summed E-state index contributed by atoms with van der Waals surface area (Å²) in [5.41, 5.74) is 6.89. The molecule has 16 heavy (non-hydrogen) atoms. The van der Waals surface area contributed by atoms with Crippen LogP contribution in [0.25, 0.3) is 0 Å². The van der Waals surface area contributed by atoms with Crippen LogP contribution in [0.2, 0.25) is 0 Å². The molecule has 0 bridgehead atoms. The van der Waals surface area contributed by atoms with Gasteiger partial charge >= 0.3 is 0 Å². The standard InChI is InChI=1S/C11H15N3O2/c1-16-10-5-2-7(6-13-10)11-8(12)3-4-9(15)14-11/h2,5-6,8,11H,3-4,12H2,1H3,(H,14,15). The van der Waals surface area contributed by atoms with Crippen LogP contribution in [0.1, 0.15) is 24.4 Å². The molecule has 3 N–H and O–H groups in total. The number of pyridine rings is 1. The number of methoxy groups -OCH3 is 1. The zero-order valence-corrected chi connectivity index (χ0v) is 9.14. The number of carbonyl (C=O) groups excluding carboxylic acids is 1. The van der Waals surface area contributed by atoms with Crippen molar-refractivity contribution in [3.05, 3.63) is 23.9 Å². The number of nitrogens with zero attached hydrogens (tertiary/aromatic N) is 1. The van der Waals surface area contributed by atoms with Crippen molar-refractivity contribution in [2.45, 2.75) is 24.9 Å². The first-order valence-corrected chi connectivity index (χ1v) is 5.25. The molecule has 2 atom stereocenters. The molecule has 2 unspecified atom stereocenters. The van der Waals surface area contributed by atoms with Crippen LogP contribution in [0.15, 0.2) is 18.3 Å². The Balaban J connectivity index is 2.18. The molecule has 1 amide bonds. The lowest BCUT2D eigenvalue weighted by molar-refractivity contribution is -0.123. The molecular formula is C11H15N3O2. The van der Waals surface area contributed by atoms with E-state index < -0.39 is 0 Å². The summed E-state index contributed by atoms with van der Waals surface area (Å²) < 4.78 is 4.97. The third-order valence-corrected chi connectivity index (χ3v) is 2.78. The fraction of sp³-hybridized carbons (Fsp3) is 0.455. The molecule has 2 rings (SSSR count). The minimum atomic E-state index is -0.139. The van der Waals surface area contributed by atoms with Gasteiger partial charge in [-0.15, -0.1) is 0 Å². The second-order valence-electron chi connectivity index (χ2n) is 3.88. The van der Waals surface area contributed by atoms with Crippen LogP contribution in [-0.2, 0) is 4.79 Å². The largest absolute Gasteiger partial charge is 0.481 e. The van der Waals surface area contributed by atoms with E-state index in [2.05, 4.69) is 10.3 Å². The average Bonchev–Trinajstić information content (AvgIpc) is 2.32. The first-order valence-electron chi connectivity index (χ1n) is 5.25. The van der Waals surface area contributed by atoms with Gasteiger partial charge in [0, 0.05) is 24.7 Å². The molecule has 86 valence electrons. The normalized spacial score (nSPS) is 25.0. The Bertz CT molecular complexity index is 377. The molecule has 1 aliphatic heterocycles. The van der Waals surface area contributed by atoms with E-state index in [9.17, 15) is 4.79 Å². The SMILES string of the molecule is COc1ccc(C2NC(=O)CCC2N)cn1. The molecule has 1 aromatic rings. The second-order valence-corrected chi connectivity index (χ2v) is 3.88. The number of carbonyl (C=O) groups is 1. The van der Waals surface area contributed by atoms with Gasteiger partial charge < -0.3 is 15.8 Å². The van der Waals surface area contributed by atoms with Crippen LogP contribution in [0, 0.1) is 0 Å². The van der Waals surface area contributed by atoms with Gasteiger partial charge in [0.2, 0.25) is 11.8 Å². The van der Waals surface area contributed by atoms with Crippen molar-refractivity contribution in [2.24, 2.45) is 5.73 Å². The minimum Gasteiger partial charge on any atom is -0.481 e. The summed E-state index contributed by atoms with van der Waals surface area (Å²) in [4.78, 5) is 15.4. The molecule has 1 fully saturated rings. The number of piperidine rings is 1. The zero-order valence-electron chi connectivity index (χ0n) is 9.14. The maximum atomic E-state index is 11.3. The summed E-state index contributed by atoms with van der Waals surface area (Å²) in [6, 6.07) is 3.46. The molecular weight excluding hydrogens is 206 g/mol. The smallest absolute Gasteiger partial charge is 0.220 e. The molecule has 1 aromatic heterocycles. The number of hydrogen-bond acceptors (Lipinski definition) is 4. The summed E-state index contributed by atoms with van der Waals surface area (Å²) in [6.07, 6.45) is 2.90. The van der Waals surface area contributed by atoms with Crippen LogP contribution >= 0.6 is 0 Å². The third kappa shape index (κ3) is 2.14. The molecule has 0 aliphatic carbocycles. The van der Waals surface area contributed by atoms with E-state index in [0.29, 0.717) is 18.7 Å². The molecule has 0 radical (unpaired) electrons. The molecule has 1 saturated heterocycles. The molecule has 0 saturated carbocycles. The van der Waals surface area contributed by atoms with Crippen LogP contribution < -0.4 is 15.8 Å². The van der Waals surface area contributed by atoms with Crippen LogP contribution in [0.5, 0.6) is 5.88 Å². The lowest BCUT2D eigenvalue weighted by atomic mass is 9.94. The average molecular weight is 221 g/mol. The Morgan fingerprint density at radius 3 is 3.00 bits per heavy atom. The van der Waals surface area contributed by atoms with E-state index >= 15 is 0 Å². The highest BCUT2D eigenvalue weighted by Crippen LogP contribution is 2.23. The highest BCUT2D eigenvalue weighted by atomic mass is 16.5. The highest BCUT2D eigenvalue weighted by Gasteiger charge is 2.27. The van der Waals surface area contributed by atoms with Gasteiger partial charge in [0.15, 0.2) is 0 Å². The van der Waals surface area contributed by atoms with Crippen molar-refractivity contribution in [1.82, 2.24) is 10.3 Å². The summed E-state index contributed by atoms with van der Waals surface area (Å²) in [6.45, 7) is 0. The molecule has 5 nitrogen and oxygen atoms in total. The van der Waals surface area contributed by atoms with Gasteiger partial charge in [0.1, 0.15) is 0 Å². The minimum absolute atomic E-state index is 0.0440. The van der Waals surface area contributed by atoms with E-state index in [1.54, 1.807) is 19.4 Å². The summed E-state index contributed by atoms with van der Waals surface area (Å²) in [5, 5.41) is 2.88. The molecule has 0 spiro atoms. The fourth-order valence-corrected chi connectivity index (χ4v) is 1.84. The van der Waals surface area contributed by atoms with Gasteiger partial charge in [-0.25, -0.2) is 4.98 Å².